The van der Waals surface area contributed by atoms with Crippen molar-refractivity contribution >= 4 is 39.3 Å². The number of nitrogens with zero attached hydrogens (tertiary/aromatic N) is 3. The fourth-order valence-corrected chi connectivity index (χ4v) is 2.11. The first-order valence-electron chi connectivity index (χ1n) is 5.04. The second kappa shape index (κ2) is 5.54. The van der Waals surface area contributed by atoms with Gasteiger partial charge in [-0.2, -0.15) is 16.7 Å². The van der Waals surface area contributed by atoms with Gasteiger partial charge in [-0.05, 0) is 46.5 Å². The molecule has 0 saturated heterocycles. The van der Waals surface area contributed by atoms with Gasteiger partial charge >= 0.3 is 0 Å². The van der Waals surface area contributed by atoms with E-state index in [1.807, 2.05) is 30.1 Å². The van der Waals surface area contributed by atoms with E-state index in [-0.39, 0.29) is 0 Å². The van der Waals surface area contributed by atoms with E-state index < -0.39 is 0 Å². The number of anilines is 1. The Morgan fingerprint density at radius 2 is 2.38 bits per heavy atom. The minimum atomic E-state index is 0.694. The van der Waals surface area contributed by atoms with Crippen LogP contribution in [-0.2, 0) is 0 Å². The number of nitrogens with one attached hydrogen (secondary N) is 1. The first-order chi connectivity index (χ1) is 7.79. The number of hydrogen-bond donors (Lipinski definition) is 1. The summed E-state index contributed by atoms with van der Waals surface area (Å²) >= 11 is 5.25. The van der Waals surface area contributed by atoms with E-state index in [2.05, 4.69) is 37.6 Å². The Kier molecular flexibility index (Phi) is 4.06. The van der Waals surface area contributed by atoms with Crippen LogP contribution in [-0.4, -0.2) is 33.2 Å². The van der Waals surface area contributed by atoms with Gasteiger partial charge in [-0.15, -0.1) is 5.10 Å². The van der Waals surface area contributed by atoms with Crippen molar-refractivity contribution in [1.82, 2.24) is 14.6 Å². The number of hydrogen-bond acceptors (Lipinski definition) is 4. The largest absolute Gasteiger partial charge is 0.353 e. The lowest BCUT2D eigenvalue weighted by atomic mass is 10.5. The molecule has 0 spiro atoms. The van der Waals surface area contributed by atoms with Crippen LogP contribution in [0, 0.1) is 0 Å². The van der Waals surface area contributed by atoms with Crippen LogP contribution < -0.4 is 5.32 Å². The lowest BCUT2D eigenvalue weighted by molar-refractivity contribution is 0.927. The molecule has 16 heavy (non-hydrogen) atoms. The van der Waals surface area contributed by atoms with Gasteiger partial charge in [0.2, 0.25) is 5.95 Å². The van der Waals surface area contributed by atoms with Crippen LogP contribution >= 0.6 is 27.7 Å². The van der Waals surface area contributed by atoms with Crippen LogP contribution in [0.2, 0.25) is 0 Å². The van der Waals surface area contributed by atoms with Crippen LogP contribution in [0.4, 0.5) is 5.95 Å². The fourth-order valence-electron chi connectivity index (χ4n) is 1.35. The number of thioether (sulfide) groups is 1. The van der Waals surface area contributed by atoms with Gasteiger partial charge in [0.25, 0.3) is 0 Å². The van der Waals surface area contributed by atoms with E-state index >= 15 is 0 Å². The molecule has 0 bridgehead atoms. The molecule has 0 amide bonds. The normalized spacial score (nSPS) is 10.9. The molecule has 2 aromatic heterocycles. The summed E-state index contributed by atoms with van der Waals surface area (Å²) in [7, 11) is 0. The van der Waals surface area contributed by atoms with Gasteiger partial charge in [0.05, 0.1) is 0 Å². The van der Waals surface area contributed by atoms with Crippen molar-refractivity contribution in [2.45, 2.75) is 6.42 Å². The van der Waals surface area contributed by atoms with Gasteiger partial charge < -0.3 is 5.32 Å². The zero-order chi connectivity index (χ0) is 11.4. The number of pyridine rings is 1. The second-order valence-electron chi connectivity index (χ2n) is 3.36. The molecule has 86 valence electrons. The van der Waals surface area contributed by atoms with Crippen LogP contribution in [0.3, 0.4) is 0 Å². The summed E-state index contributed by atoms with van der Waals surface area (Å²) in [6.45, 7) is 0.916. The Hall–Kier alpha value is -0.750. The standard InChI is InChI=1S/C10H13BrN4S/c1-16-6-2-5-12-10-13-9-4-3-8(11)7-15(9)14-10/h3-4,7H,2,5-6H2,1H3,(H,12,14). The minimum Gasteiger partial charge on any atom is -0.353 e. The lowest BCUT2D eigenvalue weighted by Gasteiger charge is -1.98. The van der Waals surface area contributed by atoms with Gasteiger partial charge in [0.1, 0.15) is 0 Å². The lowest BCUT2D eigenvalue weighted by Crippen LogP contribution is -2.04. The fraction of sp³-hybridized carbons (Fsp3) is 0.400. The van der Waals surface area contributed by atoms with Crippen molar-refractivity contribution in [3.63, 3.8) is 0 Å². The molecule has 0 atom stereocenters. The molecule has 0 aliphatic heterocycles. The Balaban J connectivity index is 2.02. The highest BCUT2D eigenvalue weighted by molar-refractivity contribution is 9.10. The molecule has 0 unspecified atom stereocenters. The molecule has 2 heterocycles. The minimum absolute atomic E-state index is 0.694. The summed E-state index contributed by atoms with van der Waals surface area (Å²) in [5.74, 6) is 1.85. The van der Waals surface area contributed by atoms with Crippen molar-refractivity contribution in [2.75, 3.05) is 23.9 Å². The summed E-state index contributed by atoms with van der Waals surface area (Å²) in [5.41, 5.74) is 0.857. The topological polar surface area (TPSA) is 42.2 Å². The molecular formula is C10H13BrN4S. The highest BCUT2D eigenvalue weighted by Gasteiger charge is 2.02. The molecule has 6 heteroatoms. The molecular weight excluding hydrogens is 288 g/mol. The van der Waals surface area contributed by atoms with E-state index in [1.165, 1.54) is 0 Å². The smallest absolute Gasteiger partial charge is 0.243 e. The van der Waals surface area contributed by atoms with Crippen LogP contribution in [0.5, 0.6) is 0 Å². The van der Waals surface area contributed by atoms with Gasteiger partial charge in [-0.1, -0.05) is 0 Å². The zero-order valence-corrected chi connectivity index (χ0v) is 11.4. The summed E-state index contributed by atoms with van der Waals surface area (Å²) in [6.07, 6.45) is 5.14. The molecule has 2 rings (SSSR count). The first-order valence-corrected chi connectivity index (χ1v) is 7.23. The predicted octanol–water partition coefficient (Wildman–Crippen LogP) is 2.66. The summed E-state index contributed by atoms with van der Waals surface area (Å²) in [6, 6.07) is 3.89. The van der Waals surface area contributed by atoms with E-state index in [0.29, 0.717) is 5.95 Å². The second-order valence-corrected chi connectivity index (χ2v) is 5.26. The molecule has 0 aliphatic carbocycles. The number of halogens is 1. The Morgan fingerprint density at radius 3 is 3.19 bits per heavy atom. The monoisotopic (exact) mass is 300 g/mol. The van der Waals surface area contributed by atoms with Crippen molar-refractivity contribution < 1.29 is 0 Å². The highest BCUT2D eigenvalue weighted by atomic mass is 79.9. The number of rotatable bonds is 5. The van der Waals surface area contributed by atoms with Crippen LogP contribution in [0.25, 0.3) is 5.65 Å². The van der Waals surface area contributed by atoms with E-state index in [9.17, 15) is 0 Å². The molecule has 0 aliphatic rings. The van der Waals surface area contributed by atoms with Gasteiger partial charge in [0, 0.05) is 17.2 Å². The van der Waals surface area contributed by atoms with Crippen LogP contribution in [0.1, 0.15) is 6.42 Å². The van der Waals surface area contributed by atoms with Crippen molar-refractivity contribution in [3.8, 4) is 0 Å². The predicted molar refractivity (Wildman–Crippen MR) is 72.2 cm³/mol. The molecule has 0 fully saturated rings. The SMILES string of the molecule is CSCCCNc1nc2ccc(Br)cn2n1. The number of fused-ring (bicyclic) bond motifs is 1. The summed E-state index contributed by atoms with van der Waals surface area (Å²) in [4.78, 5) is 4.36. The Labute approximate surface area is 107 Å². The maximum Gasteiger partial charge on any atom is 0.243 e. The molecule has 4 nitrogen and oxygen atoms in total. The summed E-state index contributed by atoms with van der Waals surface area (Å²) < 4.78 is 2.76. The maximum absolute atomic E-state index is 4.36. The maximum atomic E-state index is 4.36. The zero-order valence-electron chi connectivity index (χ0n) is 8.98. The van der Waals surface area contributed by atoms with Gasteiger partial charge in [-0.25, -0.2) is 4.52 Å². The third-order valence-electron chi connectivity index (χ3n) is 2.10. The van der Waals surface area contributed by atoms with Crippen molar-refractivity contribution in [1.29, 1.82) is 0 Å². The summed E-state index contributed by atoms with van der Waals surface area (Å²) in [5, 5.41) is 7.55. The Morgan fingerprint density at radius 1 is 1.50 bits per heavy atom. The van der Waals surface area contributed by atoms with E-state index in [1.54, 1.807) is 4.52 Å². The molecule has 0 aromatic carbocycles. The van der Waals surface area contributed by atoms with Crippen molar-refractivity contribution in [3.05, 3.63) is 22.8 Å². The first kappa shape index (κ1) is 11.7. The van der Waals surface area contributed by atoms with Crippen molar-refractivity contribution in [2.24, 2.45) is 0 Å². The molecule has 1 N–H and O–H groups in total. The average Bonchev–Trinajstić information content (AvgIpc) is 2.66. The highest BCUT2D eigenvalue weighted by Crippen LogP contribution is 2.12. The Bertz CT molecular complexity index is 471. The molecule has 0 radical (unpaired) electrons. The average molecular weight is 301 g/mol. The van der Waals surface area contributed by atoms with Gasteiger partial charge in [-0.3, -0.25) is 0 Å². The third kappa shape index (κ3) is 2.89. The number of aromatic nitrogens is 3. The van der Waals surface area contributed by atoms with Crippen LogP contribution in [0.15, 0.2) is 22.8 Å². The van der Waals surface area contributed by atoms with E-state index in [4.69, 9.17) is 0 Å². The molecule has 2 aromatic rings. The van der Waals surface area contributed by atoms with E-state index in [0.717, 1.165) is 28.8 Å². The third-order valence-corrected chi connectivity index (χ3v) is 3.27. The molecule has 0 saturated carbocycles. The quantitative estimate of drug-likeness (QED) is 0.862. The van der Waals surface area contributed by atoms with Gasteiger partial charge in [0.15, 0.2) is 5.65 Å².